The van der Waals surface area contributed by atoms with Crippen molar-refractivity contribution in [3.05, 3.63) is 35.9 Å². The highest BCUT2D eigenvalue weighted by atomic mass is 35.5. The molecule has 2 N–H and O–H groups in total. The van der Waals surface area contributed by atoms with Crippen LogP contribution in [0.25, 0.3) is 0 Å². The van der Waals surface area contributed by atoms with Gasteiger partial charge in [-0.1, -0.05) is 43.7 Å². The monoisotopic (exact) mass is 312 g/mol. The number of rotatable bonds is 4. The van der Waals surface area contributed by atoms with Crippen molar-refractivity contribution in [3.63, 3.8) is 0 Å². The van der Waals surface area contributed by atoms with Crippen molar-refractivity contribution in [1.29, 1.82) is 0 Å². The lowest BCUT2D eigenvalue weighted by Crippen LogP contribution is -2.56. The van der Waals surface area contributed by atoms with Crippen molar-refractivity contribution in [2.75, 3.05) is 19.7 Å². The molecule has 1 saturated heterocycles. The molecular weight excluding hydrogens is 288 g/mol. The molecule has 2 unspecified atom stereocenters. The van der Waals surface area contributed by atoms with Gasteiger partial charge in [0.05, 0.1) is 18.7 Å². The summed E-state index contributed by atoms with van der Waals surface area (Å²) in [7, 11) is 0. The Kier molecular flexibility index (Phi) is 6.65. The number of ether oxygens (including phenoxy) is 1. The van der Waals surface area contributed by atoms with Gasteiger partial charge in [0.1, 0.15) is 6.10 Å². The summed E-state index contributed by atoms with van der Waals surface area (Å²) in [6, 6.07) is 10.0. The van der Waals surface area contributed by atoms with Crippen LogP contribution in [0, 0.1) is 0 Å². The number of hydrogen-bond donors (Lipinski definition) is 1. The Morgan fingerprint density at radius 1 is 1.43 bits per heavy atom. The first kappa shape index (κ1) is 18.0. The second-order valence-electron chi connectivity index (χ2n) is 5.69. The minimum absolute atomic E-state index is 0. The van der Waals surface area contributed by atoms with Crippen molar-refractivity contribution in [1.82, 2.24) is 4.90 Å². The van der Waals surface area contributed by atoms with Crippen molar-refractivity contribution in [2.24, 2.45) is 5.73 Å². The van der Waals surface area contributed by atoms with E-state index in [0.717, 1.165) is 12.0 Å². The molecule has 1 aliphatic heterocycles. The topological polar surface area (TPSA) is 55.6 Å². The number of carbonyl (C=O) groups excluding carboxylic acids is 1. The number of hydrogen-bond acceptors (Lipinski definition) is 3. The van der Waals surface area contributed by atoms with Crippen LogP contribution in [0.3, 0.4) is 0 Å². The maximum Gasteiger partial charge on any atom is 0.242 e. The predicted octanol–water partition coefficient (Wildman–Crippen LogP) is 2.53. The molecule has 1 aliphatic rings. The van der Waals surface area contributed by atoms with Crippen LogP contribution in [0.5, 0.6) is 0 Å². The summed E-state index contributed by atoms with van der Waals surface area (Å²) in [5, 5.41) is 0. The van der Waals surface area contributed by atoms with E-state index in [-0.39, 0.29) is 24.4 Å². The highest BCUT2D eigenvalue weighted by Gasteiger charge is 2.34. The molecule has 1 aromatic rings. The number of amides is 1. The van der Waals surface area contributed by atoms with Crippen LogP contribution in [0.15, 0.2) is 30.3 Å². The van der Waals surface area contributed by atoms with Crippen molar-refractivity contribution in [3.8, 4) is 0 Å². The minimum atomic E-state index is -0.771. The Bertz CT molecular complexity index is 451. The van der Waals surface area contributed by atoms with Gasteiger partial charge in [0.25, 0.3) is 0 Å². The maximum absolute atomic E-state index is 12.5. The second kappa shape index (κ2) is 7.78. The first-order chi connectivity index (χ1) is 9.54. The third-order valence-electron chi connectivity index (χ3n) is 3.78. The third kappa shape index (κ3) is 4.43. The zero-order valence-electron chi connectivity index (χ0n) is 12.7. The van der Waals surface area contributed by atoms with Gasteiger partial charge in [-0.15, -0.1) is 12.4 Å². The van der Waals surface area contributed by atoms with E-state index in [0.29, 0.717) is 26.1 Å². The van der Waals surface area contributed by atoms with Crippen LogP contribution in [-0.4, -0.2) is 36.0 Å². The molecule has 118 valence electrons. The highest BCUT2D eigenvalue weighted by Crippen LogP contribution is 2.24. The van der Waals surface area contributed by atoms with Gasteiger partial charge in [0.2, 0.25) is 5.91 Å². The fourth-order valence-electron chi connectivity index (χ4n) is 2.69. The molecular formula is C16H25ClN2O2. The van der Waals surface area contributed by atoms with E-state index in [4.69, 9.17) is 10.5 Å². The molecule has 1 amide bonds. The SMILES string of the molecule is CCCC(C)(N)C(=O)N1CCOC(c2ccccc2)C1.Cl. The molecule has 4 nitrogen and oxygen atoms in total. The quantitative estimate of drug-likeness (QED) is 0.929. The molecule has 0 aliphatic carbocycles. The van der Waals surface area contributed by atoms with Crippen molar-refractivity contribution < 1.29 is 9.53 Å². The summed E-state index contributed by atoms with van der Waals surface area (Å²) in [5.41, 5.74) is 6.49. The van der Waals surface area contributed by atoms with Gasteiger partial charge in [0.15, 0.2) is 0 Å². The van der Waals surface area contributed by atoms with Crippen LogP contribution in [-0.2, 0) is 9.53 Å². The molecule has 0 radical (unpaired) electrons. The fourth-order valence-corrected chi connectivity index (χ4v) is 2.69. The zero-order valence-corrected chi connectivity index (χ0v) is 13.6. The Morgan fingerprint density at radius 3 is 2.71 bits per heavy atom. The van der Waals surface area contributed by atoms with E-state index < -0.39 is 5.54 Å². The maximum atomic E-state index is 12.5. The van der Waals surface area contributed by atoms with E-state index in [1.54, 1.807) is 0 Å². The summed E-state index contributed by atoms with van der Waals surface area (Å²) in [4.78, 5) is 14.4. The first-order valence-electron chi connectivity index (χ1n) is 7.29. The van der Waals surface area contributed by atoms with Gasteiger partial charge in [0, 0.05) is 6.54 Å². The Hall–Kier alpha value is -1.10. The lowest BCUT2D eigenvalue weighted by molar-refractivity contribution is -0.144. The van der Waals surface area contributed by atoms with Crippen LogP contribution in [0.4, 0.5) is 0 Å². The molecule has 1 fully saturated rings. The van der Waals surface area contributed by atoms with Crippen LogP contribution < -0.4 is 5.73 Å². The largest absolute Gasteiger partial charge is 0.370 e. The minimum Gasteiger partial charge on any atom is -0.370 e. The van der Waals surface area contributed by atoms with E-state index in [1.165, 1.54) is 0 Å². The average molecular weight is 313 g/mol. The molecule has 1 aromatic carbocycles. The zero-order chi connectivity index (χ0) is 14.6. The molecule has 0 aromatic heterocycles. The van der Waals surface area contributed by atoms with E-state index in [9.17, 15) is 4.79 Å². The van der Waals surface area contributed by atoms with Gasteiger partial charge < -0.3 is 15.4 Å². The van der Waals surface area contributed by atoms with E-state index >= 15 is 0 Å². The first-order valence-corrected chi connectivity index (χ1v) is 7.29. The van der Waals surface area contributed by atoms with Gasteiger partial charge in [-0.05, 0) is 18.9 Å². The standard InChI is InChI=1S/C16H24N2O2.ClH/c1-3-9-16(2,17)15(19)18-10-11-20-14(12-18)13-7-5-4-6-8-13;/h4-8,14H,3,9-12,17H2,1-2H3;1H. The summed E-state index contributed by atoms with van der Waals surface area (Å²) in [5.74, 6) is 0.0311. The lowest BCUT2D eigenvalue weighted by Gasteiger charge is -2.37. The molecule has 1 heterocycles. The summed E-state index contributed by atoms with van der Waals surface area (Å²) >= 11 is 0. The number of nitrogens with two attached hydrogens (primary N) is 1. The molecule has 5 heteroatoms. The summed E-state index contributed by atoms with van der Waals surface area (Å²) < 4.78 is 5.78. The molecule has 0 saturated carbocycles. The molecule has 0 bridgehead atoms. The number of halogens is 1. The molecule has 0 spiro atoms. The lowest BCUT2D eigenvalue weighted by atomic mass is 9.95. The second-order valence-corrected chi connectivity index (χ2v) is 5.69. The molecule has 2 rings (SSSR count). The number of benzene rings is 1. The Labute approximate surface area is 133 Å². The average Bonchev–Trinajstić information content (AvgIpc) is 2.47. The van der Waals surface area contributed by atoms with Gasteiger partial charge >= 0.3 is 0 Å². The van der Waals surface area contributed by atoms with Crippen LogP contribution in [0.2, 0.25) is 0 Å². The summed E-state index contributed by atoms with van der Waals surface area (Å²) in [6.45, 7) is 5.64. The Balaban J connectivity index is 0.00000220. The van der Waals surface area contributed by atoms with E-state index in [2.05, 4.69) is 0 Å². The normalized spacial score (nSPS) is 21.3. The van der Waals surface area contributed by atoms with Crippen molar-refractivity contribution >= 4 is 18.3 Å². The van der Waals surface area contributed by atoms with Crippen molar-refractivity contribution in [2.45, 2.75) is 38.3 Å². The van der Waals surface area contributed by atoms with E-state index in [1.807, 2.05) is 49.1 Å². The van der Waals surface area contributed by atoms with Crippen LogP contribution >= 0.6 is 12.4 Å². The smallest absolute Gasteiger partial charge is 0.242 e. The van der Waals surface area contributed by atoms with Gasteiger partial charge in [-0.2, -0.15) is 0 Å². The van der Waals surface area contributed by atoms with Crippen LogP contribution in [0.1, 0.15) is 38.4 Å². The van der Waals surface area contributed by atoms with Gasteiger partial charge in [-0.25, -0.2) is 0 Å². The Morgan fingerprint density at radius 2 is 2.10 bits per heavy atom. The molecule has 21 heavy (non-hydrogen) atoms. The fraction of sp³-hybridized carbons (Fsp3) is 0.562. The number of morpholine rings is 1. The number of nitrogens with zero attached hydrogens (tertiary/aromatic N) is 1. The highest BCUT2D eigenvalue weighted by molar-refractivity contribution is 5.86. The summed E-state index contributed by atoms with van der Waals surface area (Å²) in [6.07, 6.45) is 1.57. The third-order valence-corrected chi connectivity index (χ3v) is 3.78. The number of carbonyl (C=O) groups is 1. The predicted molar refractivity (Wildman–Crippen MR) is 86.5 cm³/mol. The van der Waals surface area contributed by atoms with Gasteiger partial charge in [-0.3, -0.25) is 4.79 Å². The molecule has 2 atom stereocenters.